The number of imide groups is 1. The van der Waals surface area contributed by atoms with Gasteiger partial charge in [0.25, 0.3) is 0 Å². The molecule has 0 aliphatic carbocycles. The molecule has 4 unspecified atom stereocenters. The normalized spacial score (nSPS) is 31.1. The second-order valence-electron chi connectivity index (χ2n) is 8.83. The third-order valence-electron chi connectivity index (χ3n) is 6.51. The number of carbonyl (C=O) groups is 3. The van der Waals surface area contributed by atoms with Crippen molar-refractivity contribution < 1.29 is 14.4 Å². The number of anilines is 1. The Hall–Kier alpha value is -2.21. The van der Waals surface area contributed by atoms with Gasteiger partial charge < -0.3 is 5.32 Å². The molecular weight excluding hydrogens is 354 g/mol. The molecule has 1 spiro atoms. The van der Waals surface area contributed by atoms with E-state index in [1.807, 2.05) is 32.0 Å². The van der Waals surface area contributed by atoms with Crippen molar-refractivity contribution >= 4 is 23.4 Å². The molecule has 0 aromatic heterocycles. The van der Waals surface area contributed by atoms with Gasteiger partial charge in [-0.05, 0) is 31.2 Å². The van der Waals surface area contributed by atoms with Crippen molar-refractivity contribution in [3.05, 3.63) is 29.3 Å². The van der Waals surface area contributed by atoms with Crippen LogP contribution in [0.15, 0.2) is 18.2 Å². The van der Waals surface area contributed by atoms with Gasteiger partial charge in [0, 0.05) is 23.8 Å². The molecule has 150 valence electrons. The summed E-state index contributed by atoms with van der Waals surface area (Å²) in [5.41, 5.74) is 1.39. The van der Waals surface area contributed by atoms with Gasteiger partial charge in [-0.25, -0.2) is 0 Å². The summed E-state index contributed by atoms with van der Waals surface area (Å²) in [6, 6.07) is 5.59. The first kappa shape index (κ1) is 19.1. The molecule has 3 amide bonds. The van der Waals surface area contributed by atoms with Crippen molar-refractivity contribution in [2.24, 2.45) is 17.8 Å². The van der Waals surface area contributed by atoms with Crippen molar-refractivity contribution in [3.63, 3.8) is 0 Å². The fraction of sp³-hybridized carbons (Fsp3) is 0.591. The van der Waals surface area contributed by atoms with Crippen molar-refractivity contribution in [1.82, 2.24) is 10.2 Å². The van der Waals surface area contributed by atoms with Crippen LogP contribution in [0.5, 0.6) is 0 Å². The lowest BCUT2D eigenvalue weighted by Gasteiger charge is -2.30. The van der Waals surface area contributed by atoms with Gasteiger partial charge in [0.15, 0.2) is 0 Å². The predicted octanol–water partition coefficient (Wildman–Crippen LogP) is 2.56. The van der Waals surface area contributed by atoms with Crippen LogP contribution in [0, 0.1) is 24.7 Å². The summed E-state index contributed by atoms with van der Waals surface area (Å²) in [7, 11) is 0. The monoisotopic (exact) mass is 383 g/mol. The van der Waals surface area contributed by atoms with Gasteiger partial charge in [0.1, 0.15) is 5.54 Å². The van der Waals surface area contributed by atoms with E-state index in [0.29, 0.717) is 12.5 Å². The van der Waals surface area contributed by atoms with Crippen LogP contribution in [0.25, 0.3) is 0 Å². The highest BCUT2D eigenvalue weighted by Crippen LogP contribution is 2.54. The molecule has 6 nitrogen and oxygen atoms in total. The topological polar surface area (TPSA) is 78.5 Å². The van der Waals surface area contributed by atoms with Crippen LogP contribution >= 0.6 is 0 Å². The number of unbranched alkanes of at least 4 members (excludes halogenated alkanes) is 1. The largest absolute Gasteiger partial charge is 0.324 e. The Bertz CT molecular complexity index is 849. The zero-order valence-electron chi connectivity index (χ0n) is 17.0. The maximum absolute atomic E-state index is 13.4. The number of likely N-dealkylation sites (tertiary alicyclic amines) is 1. The lowest BCUT2D eigenvalue weighted by molar-refractivity contribution is -0.142. The standard InChI is InChI=1S/C22H29N3O3/c1-5-6-10-25-19(26)16-15(11-12(2)3)24-22(17(16)20(25)27)14-9-7-8-13(4)18(14)23-21(22)28/h7-9,12,15-17,24H,5-6,10-11H2,1-4H3,(H,23,28). The number of nitrogens with one attached hydrogen (secondary N) is 2. The first-order valence-corrected chi connectivity index (χ1v) is 10.4. The maximum Gasteiger partial charge on any atom is 0.250 e. The van der Waals surface area contributed by atoms with E-state index in [4.69, 9.17) is 0 Å². The van der Waals surface area contributed by atoms with E-state index < -0.39 is 17.4 Å². The van der Waals surface area contributed by atoms with E-state index in [-0.39, 0.29) is 23.8 Å². The lowest BCUT2D eigenvalue weighted by atomic mass is 9.76. The fourth-order valence-electron chi connectivity index (χ4n) is 5.28. The number of rotatable bonds is 5. The van der Waals surface area contributed by atoms with E-state index in [2.05, 4.69) is 24.5 Å². The molecule has 3 aliphatic rings. The van der Waals surface area contributed by atoms with E-state index >= 15 is 0 Å². The average Bonchev–Trinajstić information content (AvgIpc) is 3.20. The number of fused-ring (bicyclic) bond motifs is 4. The summed E-state index contributed by atoms with van der Waals surface area (Å²) in [6.07, 6.45) is 2.44. The summed E-state index contributed by atoms with van der Waals surface area (Å²) < 4.78 is 0. The maximum atomic E-state index is 13.4. The highest BCUT2D eigenvalue weighted by Gasteiger charge is 2.70. The Morgan fingerprint density at radius 1 is 1.18 bits per heavy atom. The van der Waals surface area contributed by atoms with Gasteiger partial charge in [-0.1, -0.05) is 45.4 Å². The van der Waals surface area contributed by atoms with Crippen molar-refractivity contribution in [2.45, 2.75) is 58.5 Å². The summed E-state index contributed by atoms with van der Waals surface area (Å²) in [5, 5.41) is 6.48. The highest BCUT2D eigenvalue weighted by molar-refractivity contribution is 6.15. The van der Waals surface area contributed by atoms with E-state index in [1.165, 1.54) is 4.90 Å². The molecule has 1 aromatic rings. The number of para-hydroxylation sites is 1. The SMILES string of the molecule is CCCCN1C(=O)C2C(CC(C)C)NC3(C(=O)Nc4c(C)cccc43)C2C1=O. The lowest BCUT2D eigenvalue weighted by Crippen LogP contribution is -2.53. The minimum Gasteiger partial charge on any atom is -0.324 e. The first-order chi connectivity index (χ1) is 13.3. The number of aryl methyl sites for hydroxylation is 1. The molecule has 28 heavy (non-hydrogen) atoms. The Morgan fingerprint density at radius 2 is 1.93 bits per heavy atom. The van der Waals surface area contributed by atoms with E-state index in [1.54, 1.807) is 0 Å². The second-order valence-corrected chi connectivity index (χ2v) is 8.83. The molecule has 0 bridgehead atoms. The molecule has 3 aliphatic heterocycles. The smallest absolute Gasteiger partial charge is 0.250 e. The van der Waals surface area contributed by atoms with Crippen LogP contribution in [0.1, 0.15) is 51.2 Å². The Kier molecular flexibility index (Phi) is 4.57. The quantitative estimate of drug-likeness (QED) is 0.766. The minimum atomic E-state index is -1.15. The molecule has 4 atom stereocenters. The molecule has 2 fully saturated rings. The highest BCUT2D eigenvalue weighted by atomic mass is 16.2. The molecule has 4 rings (SSSR count). The van der Waals surface area contributed by atoms with Gasteiger partial charge in [0.05, 0.1) is 11.8 Å². The van der Waals surface area contributed by atoms with Crippen LogP contribution in [0.2, 0.25) is 0 Å². The van der Waals surface area contributed by atoms with Gasteiger partial charge in [0.2, 0.25) is 17.7 Å². The number of hydrogen-bond donors (Lipinski definition) is 2. The number of carbonyl (C=O) groups excluding carboxylic acids is 3. The molecule has 2 N–H and O–H groups in total. The molecule has 3 heterocycles. The zero-order chi connectivity index (χ0) is 20.2. The van der Waals surface area contributed by atoms with Crippen LogP contribution in [0.3, 0.4) is 0 Å². The summed E-state index contributed by atoms with van der Waals surface area (Å²) >= 11 is 0. The van der Waals surface area contributed by atoms with Crippen LogP contribution < -0.4 is 10.6 Å². The summed E-state index contributed by atoms with van der Waals surface area (Å²) in [5.74, 6) is -1.34. The molecular formula is C22H29N3O3. The number of hydrogen-bond acceptors (Lipinski definition) is 4. The van der Waals surface area contributed by atoms with Crippen molar-refractivity contribution in [1.29, 1.82) is 0 Å². The van der Waals surface area contributed by atoms with Gasteiger partial charge in [-0.3, -0.25) is 24.6 Å². The van der Waals surface area contributed by atoms with Crippen LogP contribution in [-0.4, -0.2) is 35.2 Å². The molecule has 0 saturated carbocycles. The molecule has 1 aromatic carbocycles. The Balaban J connectivity index is 1.84. The van der Waals surface area contributed by atoms with Gasteiger partial charge >= 0.3 is 0 Å². The third-order valence-corrected chi connectivity index (χ3v) is 6.51. The minimum absolute atomic E-state index is 0.118. The zero-order valence-corrected chi connectivity index (χ0v) is 17.0. The van der Waals surface area contributed by atoms with Crippen molar-refractivity contribution in [3.8, 4) is 0 Å². The average molecular weight is 383 g/mol. The first-order valence-electron chi connectivity index (χ1n) is 10.4. The predicted molar refractivity (Wildman–Crippen MR) is 106 cm³/mol. The number of benzene rings is 1. The number of amides is 3. The van der Waals surface area contributed by atoms with E-state index in [0.717, 1.165) is 36.1 Å². The Morgan fingerprint density at radius 3 is 2.61 bits per heavy atom. The van der Waals surface area contributed by atoms with E-state index in [9.17, 15) is 14.4 Å². The number of nitrogens with zero attached hydrogens (tertiary/aromatic N) is 1. The van der Waals surface area contributed by atoms with Crippen molar-refractivity contribution in [2.75, 3.05) is 11.9 Å². The third kappa shape index (κ3) is 2.47. The Labute approximate surface area is 166 Å². The molecule has 2 saturated heterocycles. The second kappa shape index (κ2) is 6.69. The van der Waals surface area contributed by atoms with Crippen LogP contribution in [-0.2, 0) is 19.9 Å². The fourth-order valence-corrected chi connectivity index (χ4v) is 5.28. The van der Waals surface area contributed by atoms with Crippen LogP contribution in [0.4, 0.5) is 5.69 Å². The molecule has 0 radical (unpaired) electrons. The van der Waals surface area contributed by atoms with Gasteiger partial charge in [-0.15, -0.1) is 0 Å². The summed E-state index contributed by atoms with van der Waals surface area (Å²) in [4.78, 5) is 41.4. The summed E-state index contributed by atoms with van der Waals surface area (Å²) in [6.45, 7) is 8.63. The van der Waals surface area contributed by atoms with Gasteiger partial charge in [-0.2, -0.15) is 0 Å². The molecule has 6 heteroatoms.